The van der Waals surface area contributed by atoms with Gasteiger partial charge in [0.05, 0.1) is 0 Å². The minimum atomic E-state index is -0.132. The van der Waals surface area contributed by atoms with Crippen LogP contribution < -0.4 is 5.73 Å². The van der Waals surface area contributed by atoms with Crippen LogP contribution in [0.15, 0.2) is 48.5 Å². The Morgan fingerprint density at radius 1 is 1.04 bits per heavy atom. The van der Waals surface area contributed by atoms with Gasteiger partial charge in [0.1, 0.15) is 5.82 Å². The van der Waals surface area contributed by atoms with E-state index in [1.165, 1.54) is 17.2 Å². The van der Waals surface area contributed by atoms with Gasteiger partial charge in [-0.2, -0.15) is 0 Å². The van der Waals surface area contributed by atoms with Crippen molar-refractivity contribution in [3.63, 3.8) is 0 Å². The van der Waals surface area contributed by atoms with Gasteiger partial charge in [0.15, 0.2) is 0 Å². The molecule has 3 rings (SSSR count). The lowest BCUT2D eigenvalue weighted by atomic mass is 9.83. The predicted molar refractivity (Wildman–Crippen MR) is 102 cm³/mol. The Hall–Kier alpha value is -1.71. The first kappa shape index (κ1) is 18.1. The van der Waals surface area contributed by atoms with Crippen molar-refractivity contribution in [2.24, 2.45) is 5.73 Å². The standard InChI is InChI=1S/C22H29FN2/c1-22(2,3)19-10-8-16(9-11-19)18-12-20(24)15-25(14-18)13-17-6-4-5-7-21(17)23/h4-11,18,20H,12-15,24H2,1-3H3. The lowest BCUT2D eigenvalue weighted by Gasteiger charge is -2.37. The van der Waals surface area contributed by atoms with E-state index < -0.39 is 0 Å². The van der Waals surface area contributed by atoms with Gasteiger partial charge in [0, 0.05) is 31.2 Å². The monoisotopic (exact) mass is 340 g/mol. The van der Waals surface area contributed by atoms with Crippen molar-refractivity contribution in [2.45, 2.75) is 51.1 Å². The second-order valence-electron chi connectivity index (χ2n) is 8.35. The highest BCUT2D eigenvalue weighted by atomic mass is 19.1. The van der Waals surface area contributed by atoms with Gasteiger partial charge in [-0.1, -0.05) is 63.2 Å². The molecule has 0 aliphatic carbocycles. The summed E-state index contributed by atoms with van der Waals surface area (Å²) in [5, 5.41) is 0. The van der Waals surface area contributed by atoms with Crippen molar-refractivity contribution < 1.29 is 4.39 Å². The summed E-state index contributed by atoms with van der Waals surface area (Å²) in [7, 11) is 0. The smallest absolute Gasteiger partial charge is 0.127 e. The molecular weight excluding hydrogens is 311 g/mol. The molecule has 1 fully saturated rings. The van der Waals surface area contributed by atoms with Gasteiger partial charge in [-0.3, -0.25) is 4.90 Å². The van der Waals surface area contributed by atoms with E-state index in [4.69, 9.17) is 5.73 Å². The molecular formula is C22H29FN2. The lowest BCUT2D eigenvalue weighted by molar-refractivity contribution is 0.179. The molecule has 1 heterocycles. The molecule has 134 valence electrons. The number of nitrogens with two attached hydrogens (primary N) is 1. The van der Waals surface area contributed by atoms with Gasteiger partial charge < -0.3 is 5.73 Å². The zero-order valence-electron chi connectivity index (χ0n) is 15.5. The van der Waals surface area contributed by atoms with E-state index in [1.807, 2.05) is 12.1 Å². The molecule has 2 atom stereocenters. The molecule has 3 heteroatoms. The maximum Gasteiger partial charge on any atom is 0.127 e. The quantitative estimate of drug-likeness (QED) is 0.895. The van der Waals surface area contributed by atoms with E-state index >= 15 is 0 Å². The number of piperidine rings is 1. The highest BCUT2D eigenvalue weighted by Crippen LogP contribution is 2.30. The Morgan fingerprint density at radius 2 is 1.72 bits per heavy atom. The normalized spacial score (nSPS) is 22.1. The Morgan fingerprint density at radius 3 is 2.36 bits per heavy atom. The maximum atomic E-state index is 14.0. The highest BCUT2D eigenvalue weighted by Gasteiger charge is 2.27. The third-order valence-corrected chi connectivity index (χ3v) is 5.16. The lowest BCUT2D eigenvalue weighted by Crippen LogP contribution is -2.45. The van der Waals surface area contributed by atoms with Crippen LogP contribution in [0.1, 0.15) is 49.8 Å². The number of rotatable bonds is 3. The fourth-order valence-corrected chi connectivity index (χ4v) is 3.73. The molecule has 0 amide bonds. The number of benzene rings is 2. The summed E-state index contributed by atoms with van der Waals surface area (Å²) in [5.41, 5.74) is 9.90. The van der Waals surface area contributed by atoms with Crippen molar-refractivity contribution in [3.8, 4) is 0 Å². The molecule has 0 bridgehead atoms. The molecule has 2 aromatic rings. The first-order valence-corrected chi connectivity index (χ1v) is 9.14. The van der Waals surface area contributed by atoms with Gasteiger partial charge in [-0.05, 0) is 34.9 Å². The molecule has 0 saturated carbocycles. The van der Waals surface area contributed by atoms with Crippen LogP contribution in [0.4, 0.5) is 4.39 Å². The second kappa shape index (κ2) is 7.27. The summed E-state index contributed by atoms with van der Waals surface area (Å²) >= 11 is 0. The summed E-state index contributed by atoms with van der Waals surface area (Å²) in [6.45, 7) is 9.07. The molecule has 1 aliphatic rings. The van der Waals surface area contributed by atoms with Crippen LogP contribution in [-0.4, -0.2) is 24.0 Å². The average Bonchev–Trinajstić information content (AvgIpc) is 2.56. The topological polar surface area (TPSA) is 29.3 Å². The van der Waals surface area contributed by atoms with Crippen molar-refractivity contribution in [1.29, 1.82) is 0 Å². The molecule has 1 saturated heterocycles. The van der Waals surface area contributed by atoms with Gasteiger partial charge in [-0.25, -0.2) is 4.39 Å². The van der Waals surface area contributed by atoms with Crippen LogP contribution in [0.25, 0.3) is 0 Å². The summed E-state index contributed by atoms with van der Waals surface area (Å²) < 4.78 is 14.0. The van der Waals surface area contributed by atoms with E-state index in [0.717, 1.165) is 25.1 Å². The minimum absolute atomic E-state index is 0.132. The van der Waals surface area contributed by atoms with Crippen molar-refractivity contribution >= 4 is 0 Å². The van der Waals surface area contributed by atoms with Gasteiger partial charge >= 0.3 is 0 Å². The van der Waals surface area contributed by atoms with E-state index in [-0.39, 0.29) is 17.3 Å². The van der Waals surface area contributed by atoms with Crippen LogP contribution in [0.5, 0.6) is 0 Å². The molecule has 25 heavy (non-hydrogen) atoms. The van der Waals surface area contributed by atoms with Gasteiger partial charge in [-0.15, -0.1) is 0 Å². The average molecular weight is 340 g/mol. The third-order valence-electron chi connectivity index (χ3n) is 5.16. The zero-order chi connectivity index (χ0) is 18.0. The molecule has 0 spiro atoms. The summed E-state index contributed by atoms with van der Waals surface area (Å²) in [6.07, 6.45) is 0.989. The molecule has 0 radical (unpaired) electrons. The zero-order valence-corrected chi connectivity index (χ0v) is 15.5. The Balaban J connectivity index is 1.73. The highest BCUT2D eigenvalue weighted by molar-refractivity contribution is 5.30. The van der Waals surface area contributed by atoms with Crippen LogP contribution in [0.3, 0.4) is 0 Å². The SMILES string of the molecule is CC(C)(C)c1ccc(C2CC(N)CN(Cc3ccccc3F)C2)cc1. The predicted octanol–water partition coefficient (Wildman–Crippen LogP) is 4.44. The van der Waals surface area contributed by atoms with Gasteiger partial charge in [0.2, 0.25) is 0 Å². The minimum Gasteiger partial charge on any atom is -0.327 e. The summed E-state index contributed by atoms with van der Waals surface area (Å²) in [6, 6.07) is 16.1. The van der Waals surface area contributed by atoms with Crippen LogP contribution in [0.2, 0.25) is 0 Å². The van der Waals surface area contributed by atoms with Crippen molar-refractivity contribution in [3.05, 3.63) is 71.0 Å². The van der Waals surface area contributed by atoms with E-state index in [2.05, 4.69) is 49.9 Å². The van der Waals surface area contributed by atoms with Crippen LogP contribution >= 0.6 is 0 Å². The Bertz CT molecular complexity index is 703. The molecule has 0 aromatic heterocycles. The second-order valence-corrected chi connectivity index (χ2v) is 8.35. The third kappa shape index (κ3) is 4.47. The summed E-state index contributed by atoms with van der Waals surface area (Å²) in [4.78, 5) is 2.29. The largest absolute Gasteiger partial charge is 0.327 e. The fourth-order valence-electron chi connectivity index (χ4n) is 3.73. The molecule has 2 unspecified atom stereocenters. The number of halogens is 1. The van der Waals surface area contributed by atoms with Gasteiger partial charge in [0.25, 0.3) is 0 Å². The number of nitrogens with zero attached hydrogens (tertiary/aromatic N) is 1. The number of hydrogen-bond donors (Lipinski definition) is 1. The Kier molecular flexibility index (Phi) is 5.26. The molecule has 1 aliphatic heterocycles. The van der Waals surface area contributed by atoms with Crippen molar-refractivity contribution in [1.82, 2.24) is 4.90 Å². The van der Waals surface area contributed by atoms with E-state index in [1.54, 1.807) is 6.07 Å². The van der Waals surface area contributed by atoms with Crippen LogP contribution in [0, 0.1) is 5.82 Å². The first-order valence-electron chi connectivity index (χ1n) is 9.14. The molecule has 2 N–H and O–H groups in total. The molecule has 2 nitrogen and oxygen atoms in total. The fraction of sp³-hybridized carbons (Fsp3) is 0.455. The number of hydrogen-bond acceptors (Lipinski definition) is 2. The first-order chi connectivity index (χ1) is 11.8. The summed E-state index contributed by atoms with van der Waals surface area (Å²) in [5.74, 6) is 0.275. The number of likely N-dealkylation sites (tertiary alicyclic amines) is 1. The molecule has 2 aromatic carbocycles. The van der Waals surface area contributed by atoms with E-state index in [9.17, 15) is 4.39 Å². The Labute approximate surface area is 150 Å². The maximum absolute atomic E-state index is 14.0. The van der Waals surface area contributed by atoms with Crippen molar-refractivity contribution in [2.75, 3.05) is 13.1 Å². The van der Waals surface area contributed by atoms with E-state index in [0.29, 0.717) is 12.5 Å². The van der Waals surface area contributed by atoms with Crippen LogP contribution in [-0.2, 0) is 12.0 Å².